The van der Waals surface area contributed by atoms with Crippen molar-refractivity contribution in [3.63, 3.8) is 0 Å². The summed E-state index contributed by atoms with van der Waals surface area (Å²) in [4.78, 5) is 67.3. The number of nitrogens with zero attached hydrogens (tertiary/aromatic N) is 3. The number of esters is 1. The van der Waals surface area contributed by atoms with Crippen molar-refractivity contribution in [1.82, 2.24) is 10.2 Å². The molecule has 6 aromatic carbocycles. The van der Waals surface area contributed by atoms with Crippen molar-refractivity contribution in [2.45, 2.75) is 42.6 Å². The minimum Gasteiger partial charge on any atom is -0.508 e. The number of amides is 4. The zero-order chi connectivity index (χ0) is 44.0. The SMILES string of the molecule is C[C@@H](NC(=O)N1C(=O)[C@@]2(c3ccccc31)[C@H](C(=O)Nc1ccc(N3CCOCC3)cc1)[C@H]1C(=O)O[C@H](c3ccccc3)[C@H](c3ccccc3)N1[C@@H]2c1ccc(O)cc1)c1ccccc1. The maximum atomic E-state index is 16.3. The maximum absolute atomic E-state index is 16.3. The predicted octanol–water partition coefficient (Wildman–Crippen LogP) is 8.00. The number of para-hydroxylation sites is 1. The van der Waals surface area contributed by atoms with Crippen LogP contribution in [0.25, 0.3) is 0 Å². The van der Waals surface area contributed by atoms with E-state index < -0.39 is 65.4 Å². The van der Waals surface area contributed by atoms with E-state index in [0.29, 0.717) is 35.7 Å². The molecule has 0 aromatic heterocycles. The minimum absolute atomic E-state index is 0.00366. The summed E-state index contributed by atoms with van der Waals surface area (Å²) in [5.74, 6) is -3.40. The molecule has 3 fully saturated rings. The molecule has 4 aliphatic heterocycles. The summed E-state index contributed by atoms with van der Waals surface area (Å²) in [6.45, 7) is 4.54. The second-order valence-electron chi connectivity index (χ2n) is 16.7. The third kappa shape index (κ3) is 6.86. The quantitative estimate of drug-likeness (QED) is 0.130. The molecule has 0 unspecified atom stereocenters. The van der Waals surface area contributed by atoms with E-state index in [1.54, 1.807) is 36.4 Å². The molecule has 4 amide bonds. The van der Waals surface area contributed by atoms with Crippen molar-refractivity contribution < 1.29 is 33.8 Å². The molecule has 4 aliphatic rings. The first-order chi connectivity index (χ1) is 31.3. The molecular weight excluding hydrogens is 807 g/mol. The van der Waals surface area contributed by atoms with Crippen LogP contribution in [0.1, 0.15) is 59.0 Å². The number of morpholine rings is 2. The highest BCUT2D eigenvalue weighted by Gasteiger charge is 2.75. The molecule has 12 nitrogen and oxygen atoms in total. The van der Waals surface area contributed by atoms with Crippen LogP contribution in [0, 0.1) is 5.92 Å². The molecule has 0 aliphatic carbocycles. The van der Waals surface area contributed by atoms with Gasteiger partial charge in [-0.2, -0.15) is 0 Å². The Kier molecular flexibility index (Phi) is 10.7. The van der Waals surface area contributed by atoms with E-state index >= 15 is 14.4 Å². The molecule has 0 radical (unpaired) electrons. The summed E-state index contributed by atoms with van der Waals surface area (Å²) in [5.41, 5.74) is 3.15. The van der Waals surface area contributed by atoms with Crippen LogP contribution < -0.4 is 20.4 Å². The first-order valence-electron chi connectivity index (χ1n) is 21.7. The summed E-state index contributed by atoms with van der Waals surface area (Å²) >= 11 is 0. The van der Waals surface area contributed by atoms with Gasteiger partial charge in [0.05, 0.1) is 42.9 Å². The molecule has 3 N–H and O–H groups in total. The smallest absolute Gasteiger partial charge is 0.329 e. The monoisotopic (exact) mass is 853 g/mol. The lowest BCUT2D eigenvalue weighted by Gasteiger charge is -2.46. The fourth-order valence-electron chi connectivity index (χ4n) is 10.4. The number of fused-ring (bicyclic) bond motifs is 3. The van der Waals surface area contributed by atoms with Crippen LogP contribution in [0.3, 0.4) is 0 Å². The number of carbonyl (C=O) groups is 4. The highest BCUT2D eigenvalue weighted by atomic mass is 16.6. The van der Waals surface area contributed by atoms with E-state index in [1.165, 1.54) is 12.1 Å². The summed E-state index contributed by atoms with van der Waals surface area (Å²) in [6.07, 6.45) is -0.864. The first kappa shape index (κ1) is 40.8. The van der Waals surface area contributed by atoms with Gasteiger partial charge in [-0.1, -0.05) is 121 Å². The molecule has 1 spiro atoms. The van der Waals surface area contributed by atoms with E-state index in [9.17, 15) is 9.90 Å². The third-order valence-corrected chi connectivity index (χ3v) is 13.2. The fourth-order valence-corrected chi connectivity index (χ4v) is 10.4. The topological polar surface area (TPSA) is 141 Å². The lowest BCUT2D eigenvalue weighted by atomic mass is 9.65. The molecule has 64 heavy (non-hydrogen) atoms. The number of aromatic hydroxyl groups is 1. The number of carbonyl (C=O) groups excluding carboxylic acids is 4. The number of ether oxygens (including phenoxy) is 2. The largest absolute Gasteiger partial charge is 0.508 e. The van der Waals surface area contributed by atoms with Crippen LogP contribution in [-0.4, -0.2) is 66.2 Å². The van der Waals surface area contributed by atoms with Crippen LogP contribution in [-0.2, 0) is 29.3 Å². The van der Waals surface area contributed by atoms with Gasteiger partial charge in [0, 0.05) is 24.5 Å². The number of rotatable bonds is 8. The Hall–Kier alpha value is -7.28. The van der Waals surface area contributed by atoms with Gasteiger partial charge < -0.3 is 30.1 Å². The van der Waals surface area contributed by atoms with Gasteiger partial charge in [-0.15, -0.1) is 0 Å². The number of hydrogen-bond acceptors (Lipinski definition) is 9. The molecule has 3 saturated heterocycles. The zero-order valence-corrected chi connectivity index (χ0v) is 35.1. The molecular formula is C52H47N5O7. The van der Waals surface area contributed by atoms with Crippen LogP contribution >= 0.6 is 0 Å². The van der Waals surface area contributed by atoms with Gasteiger partial charge in [0.2, 0.25) is 11.8 Å². The minimum atomic E-state index is -1.90. The summed E-state index contributed by atoms with van der Waals surface area (Å²) in [7, 11) is 0. The molecule has 7 atom stereocenters. The van der Waals surface area contributed by atoms with Crippen LogP contribution in [0.5, 0.6) is 5.75 Å². The molecule has 0 bridgehead atoms. The number of phenolic OH excluding ortho intramolecular Hbond substituents is 1. The number of anilines is 3. The van der Waals surface area contributed by atoms with Crippen LogP contribution in [0.15, 0.2) is 164 Å². The molecule has 6 aromatic rings. The van der Waals surface area contributed by atoms with Gasteiger partial charge >= 0.3 is 12.0 Å². The highest BCUT2D eigenvalue weighted by molar-refractivity contribution is 6.25. The van der Waals surface area contributed by atoms with E-state index in [2.05, 4.69) is 15.5 Å². The number of phenols is 1. The average molecular weight is 854 g/mol. The molecule has 0 saturated carbocycles. The van der Waals surface area contributed by atoms with Gasteiger partial charge in [0.25, 0.3) is 0 Å². The third-order valence-electron chi connectivity index (χ3n) is 13.2. The fraction of sp³-hybridized carbons (Fsp3) is 0.231. The van der Waals surface area contributed by atoms with Crippen molar-refractivity contribution in [1.29, 1.82) is 0 Å². The van der Waals surface area contributed by atoms with Gasteiger partial charge in [-0.3, -0.25) is 19.3 Å². The normalized spacial score (nSPS) is 24.4. The Bertz CT molecular complexity index is 2680. The Morgan fingerprint density at radius 2 is 1.31 bits per heavy atom. The molecule has 322 valence electrons. The Morgan fingerprint density at radius 3 is 1.98 bits per heavy atom. The Balaban J connectivity index is 1.18. The van der Waals surface area contributed by atoms with Crippen molar-refractivity contribution in [3.8, 4) is 5.75 Å². The van der Waals surface area contributed by atoms with Crippen molar-refractivity contribution in [2.24, 2.45) is 5.92 Å². The maximum Gasteiger partial charge on any atom is 0.329 e. The highest BCUT2D eigenvalue weighted by Crippen LogP contribution is 2.66. The van der Waals surface area contributed by atoms with Crippen LogP contribution in [0.2, 0.25) is 0 Å². The van der Waals surface area contributed by atoms with Gasteiger partial charge in [0.1, 0.15) is 23.3 Å². The second-order valence-corrected chi connectivity index (χ2v) is 16.7. The number of cyclic esters (lactones) is 1. The zero-order valence-electron chi connectivity index (χ0n) is 35.1. The Labute approximate surface area is 371 Å². The first-order valence-corrected chi connectivity index (χ1v) is 21.7. The summed E-state index contributed by atoms with van der Waals surface area (Å²) in [5, 5.41) is 16.8. The number of nitrogens with one attached hydrogen (secondary N) is 2. The predicted molar refractivity (Wildman–Crippen MR) is 242 cm³/mol. The lowest BCUT2D eigenvalue weighted by Crippen LogP contribution is -2.55. The number of urea groups is 1. The Morgan fingerprint density at radius 1 is 0.703 bits per heavy atom. The van der Waals surface area contributed by atoms with E-state index in [-0.39, 0.29) is 5.75 Å². The standard InChI is InChI=1S/C52H47N5O7/c1-33(34-13-5-2-6-14-34)53-51(62)56-42-20-12-11-19-41(42)52(50(56)61)43(48(59)54-38-23-25-39(26-24-38)55-29-31-63-32-30-55)45-49(60)64-46(36-17-9-4-10-18-36)44(35-15-7-3-8-16-35)57(45)47(52)37-21-27-40(58)28-22-37/h2-28,33,43-47,58H,29-32H2,1H3,(H,53,62)(H,54,59)/t33-,43+,44+,45+,46-,47-,52+/m1/s1. The number of imide groups is 1. The molecule has 10 rings (SSSR count). The molecule has 12 heteroatoms. The summed E-state index contributed by atoms with van der Waals surface area (Å²) in [6, 6.07) is 45.2. The van der Waals surface area contributed by atoms with Gasteiger partial charge in [-0.05, 0) is 77.2 Å². The van der Waals surface area contributed by atoms with Crippen molar-refractivity contribution in [2.75, 3.05) is 41.4 Å². The average Bonchev–Trinajstić information content (AvgIpc) is 3.80. The number of hydrogen-bond donors (Lipinski definition) is 3. The van der Waals surface area contributed by atoms with Crippen molar-refractivity contribution >= 4 is 40.9 Å². The van der Waals surface area contributed by atoms with Gasteiger partial charge in [0.15, 0.2) is 0 Å². The molecule has 4 heterocycles. The number of benzene rings is 6. The van der Waals surface area contributed by atoms with E-state index in [4.69, 9.17) is 9.47 Å². The second kappa shape index (κ2) is 16.8. The van der Waals surface area contributed by atoms with Crippen molar-refractivity contribution in [3.05, 3.63) is 192 Å². The van der Waals surface area contributed by atoms with E-state index in [0.717, 1.165) is 40.4 Å². The van der Waals surface area contributed by atoms with Crippen LogP contribution in [0.4, 0.5) is 21.9 Å². The van der Waals surface area contributed by atoms with Gasteiger partial charge in [-0.25, -0.2) is 9.69 Å². The van der Waals surface area contributed by atoms with E-state index in [1.807, 2.05) is 127 Å². The summed E-state index contributed by atoms with van der Waals surface area (Å²) < 4.78 is 12.1. The lowest BCUT2D eigenvalue weighted by molar-refractivity contribution is -0.177.